The monoisotopic (exact) mass is 395 g/mol. The molecule has 0 fully saturated rings. The predicted molar refractivity (Wildman–Crippen MR) is 107 cm³/mol. The lowest BCUT2D eigenvalue weighted by molar-refractivity contribution is 0.0955. The van der Waals surface area contributed by atoms with Gasteiger partial charge < -0.3 is 4.57 Å². The smallest absolute Gasteiger partial charge is 0.271 e. The van der Waals surface area contributed by atoms with E-state index in [0.29, 0.717) is 16.6 Å². The van der Waals surface area contributed by atoms with Gasteiger partial charge in [-0.3, -0.25) is 9.78 Å². The van der Waals surface area contributed by atoms with Gasteiger partial charge in [0.2, 0.25) is 0 Å². The van der Waals surface area contributed by atoms with Crippen LogP contribution in [-0.4, -0.2) is 26.7 Å². The summed E-state index contributed by atoms with van der Waals surface area (Å²) < 4.78 is 2.65. The van der Waals surface area contributed by atoms with Crippen LogP contribution in [0.5, 0.6) is 0 Å². The molecule has 4 rings (SSSR count). The third-order valence-corrected chi connectivity index (χ3v) is 5.08. The van der Waals surface area contributed by atoms with Crippen molar-refractivity contribution in [3.63, 3.8) is 0 Å². The Labute approximate surface area is 164 Å². The Hall–Kier alpha value is -3.03. The Bertz CT molecular complexity index is 1120. The number of nitrogens with zero attached hydrogens (tertiary/aromatic N) is 4. The summed E-state index contributed by atoms with van der Waals surface area (Å²) in [5, 5.41) is 5.15. The van der Waals surface area contributed by atoms with Crippen molar-refractivity contribution < 1.29 is 4.79 Å². The second-order valence-electron chi connectivity index (χ2n) is 5.74. The Morgan fingerprint density at radius 1 is 1.26 bits per heavy atom. The van der Waals surface area contributed by atoms with Gasteiger partial charge in [0.15, 0.2) is 4.47 Å². The van der Waals surface area contributed by atoms with Crippen molar-refractivity contribution >= 4 is 46.0 Å². The fourth-order valence-corrected chi connectivity index (χ4v) is 3.74. The summed E-state index contributed by atoms with van der Waals surface area (Å²) in [6, 6.07) is 11.3. The van der Waals surface area contributed by atoms with E-state index in [9.17, 15) is 4.79 Å². The summed E-state index contributed by atoms with van der Waals surface area (Å²) in [4.78, 5) is 21.1. The van der Waals surface area contributed by atoms with Crippen LogP contribution in [-0.2, 0) is 6.54 Å². The van der Waals surface area contributed by atoms with Gasteiger partial charge in [0.25, 0.3) is 5.91 Å². The normalized spacial score (nSPS) is 11.3. The lowest BCUT2D eigenvalue weighted by Gasteiger charge is -2.01. The van der Waals surface area contributed by atoms with E-state index in [0.717, 1.165) is 21.3 Å². The zero-order valence-corrected chi connectivity index (χ0v) is 15.6. The third-order valence-electron chi connectivity index (χ3n) is 3.98. The van der Waals surface area contributed by atoms with Crippen molar-refractivity contribution in [2.75, 3.05) is 0 Å². The molecule has 1 N–H and O–H groups in total. The lowest BCUT2D eigenvalue weighted by atomic mass is 10.2. The number of benzene rings is 1. The SMILES string of the molecule is O=C(NN=Cc1cn(Cc2cnc(Cl)s2)c2ccccc12)c1ccncc1. The van der Waals surface area contributed by atoms with E-state index in [-0.39, 0.29) is 5.91 Å². The molecule has 0 bridgehead atoms. The lowest BCUT2D eigenvalue weighted by Crippen LogP contribution is -2.17. The topological polar surface area (TPSA) is 72.2 Å². The van der Waals surface area contributed by atoms with Crippen LogP contribution in [0.25, 0.3) is 10.9 Å². The molecular weight excluding hydrogens is 382 g/mol. The highest BCUT2D eigenvalue weighted by molar-refractivity contribution is 7.15. The Morgan fingerprint density at radius 2 is 2.07 bits per heavy atom. The van der Waals surface area contributed by atoms with E-state index in [1.807, 2.05) is 30.5 Å². The zero-order valence-electron chi connectivity index (χ0n) is 14.0. The van der Waals surface area contributed by atoms with Crippen molar-refractivity contribution in [1.29, 1.82) is 0 Å². The number of pyridine rings is 1. The fraction of sp³-hybridized carbons (Fsp3) is 0.0526. The average Bonchev–Trinajstić information content (AvgIpc) is 3.26. The maximum atomic E-state index is 12.1. The van der Waals surface area contributed by atoms with Crippen LogP contribution in [0.2, 0.25) is 4.47 Å². The van der Waals surface area contributed by atoms with Gasteiger partial charge >= 0.3 is 0 Å². The molecule has 134 valence electrons. The van der Waals surface area contributed by atoms with Crippen LogP contribution in [0.15, 0.2) is 66.3 Å². The number of rotatable bonds is 5. The van der Waals surface area contributed by atoms with E-state index in [2.05, 4.69) is 25.1 Å². The Balaban J connectivity index is 1.57. The largest absolute Gasteiger partial charge is 0.341 e. The highest BCUT2D eigenvalue weighted by Crippen LogP contribution is 2.24. The third kappa shape index (κ3) is 3.89. The van der Waals surface area contributed by atoms with Gasteiger partial charge in [0.05, 0.1) is 12.8 Å². The highest BCUT2D eigenvalue weighted by Gasteiger charge is 2.09. The summed E-state index contributed by atoms with van der Waals surface area (Å²) in [5.74, 6) is -0.281. The molecule has 1 aromatic carbocycles. The molecule has 0 aliphatic heterocycles. The fourth-order valence-electron chi connectivity index (χ4n) is 2.76. The van der Waals surface area contributed by atoms with Crippen LogP contribution in [0.1, 0.15) is 20.8 Å². The van der Waals surface area contributed by atoms with Crippen LogP contribution in [0.3, 0.4) is 0 Å². The molecule has 0 saturated carbocycles. The number of carbonyl (C=O) groups is 1. The van der Waals surface area contributed by atoms with Gasteiger partial charge in [-0.05, 0) is 18.2 Å². The molecule has 0 radical (unpaired) electrons. The van der Waals surface area contributed by atoms with Crippen molar-refractivity contribution in [2.45, 2.75) is 6.54 Å². The average molecular weight is 396 g/mol. The second kappa shape index (κ2) is 7.69. The second-order valence-corrected chi connectivity index (χ2v) is 7.44. The van der Waals surface area contributed by atoms with Crippen LogP contribution < -0.4 is 5.43 Å². The maximum absolute atomic E-state index is 12.1. The van der Waals surface area contributed by atoms with Crippen molar-refractivity contribution in [2.24, 2.45) is 5.10 Å². The molecular formula is C19H14ClN5OS. The number of hydrogen-bond acceptors (Lipinski definition) is 5. The van der Waals surface area contributed by atoms with Crippen LogP contribution >= 0.6 is 22.9 Å². The van der Waals surface area contributed by atoms with E-state index < -0.39 is 0 Å². The molecule has 8 heteroatoms. The van der Waals surface area contributed by atoms with Crippen molar-refractivity contribution in [1.82, 2.24) is 20.0 Å². The molecule has 0 aliphatic rings. The van der Waals surface area contributed by atoms with Gasteiger partial charge in [-0.2, -0.15) is 5.10 Å². The Kier molecular flexibility index (Phi) is 4.95. The molecule has 0 spiro atoms. The zero-order chi connectivity index (χ0) is 18.6. The van der Waals surface area contributed by atoms with Gasteiger partial charge in [-0.1, -0.05) is 29.8 Å². The summed E-state index contributed by atoms with van der Waals surface area (Å²) in [7, 11) is 0. The van der Waals surface area contributed by atoms with Crippen molar-refractivity contribution in [3.8, 4) is 0 Å². The van der Waals surface area contributed by atoms with Gasteiger partial charge in [-0.15, -0.1) is 11.3 Å². The Morgan fingerprint density at radius 3 is 2.85 bits per heavy atom. The molecule has 4 aromatic rings. The minimum absolute atomic E-state index is 0.281. The van der Waals surface area contributed by atoms with Crippen molar-refractivity contribution in [3.05, 3.63) is 81.7 Å². The van der Waals surface area contributed by atoms with E-state index >= 15 is 0 Å². The molecule has 3 heterocycles. The summed E-state index contributed by atoms with van der Waals surface area (Å²) in [6.07, 6.45) is 8.57. The standard InChI is InChI=1S/C19H14ClN5OS/c20-19-22-10-15(27-19)12-25-11-14(16-3-1-2-4-17(16)25)9-23-24-18(26)13-5-7-21-8-6-13/h1-11H,12H2,(H,24,26). The number of halogens is 1. The maximum Gasteiger partial charge on any atom is 0.271 e. The number of fused-ring (bicyclic) bond motifs is 1. The highest BCUT2D eigenvalue weighted by atomic mass is 35.5. The van der Waals surface area contributed by atoms with Gasteiger partial charge in [0, 0.05) is 51.7 Å². The van der Waals surface area contributed by atoms with E-state index in [4.69, 9.17) is 11.6 Å². The first-order chi connectivity index (χ1) is 13.2. The first-order valence-electron chi connectivity index (χ1n) is 8.12. The minimum atomic E-state index is -0.281. The number of hydrazone groups is 1. The molecule has 27 heavy (non-hydrogen) atoms. The summed E-state index contributed by atoms with van der Waals surface area (Å²) in [5.41, 5.74) is 5.03. The van der Waals surface area contributed by atoms with Crippen LogP contribution in [0.4, 0.5) is 0 Å². The number of carbonyl (C=O) groups excluding carboxylic acids is 1. The number of para-hydroxylation sites is 1. The quantitative estimate of drug-likeness (QED) is 0.410. The molecule has 0 aliphatic carbocycles. The predicted octanol–water partition coefficient (Wildman–Crippen LogP) is 3.96. The summed E-state index contributed by atoms with van der Waals surface area (Å²) >= 11 is 7.39. The number of nitrogens with one attached hydrogen (secondary N) is 1. The first-order valence-corrected chi connectivity index (χ1v) is 9.31. The van der Waals surface area contributed by atoms with Crippen LogP contribution in [0, 0.1) is 0 Å². The molecule has 3 aromatic heterocycles. The first kappa shape index (κ1) is 17.4. The van der Waals surface area contributed by atoms with Gasteiger partial charge in [-0.25, -0.2) is 10.4 Å². The number of aromatic nitrogens is 3. The van der Waals surface area contributed by atoms with E-state index in [1.165, 1.54) is 11.3 Å². The summed E-state index contributed by atoms with van der Waals surface area (Å²) in [6.45, 7) is 0.669. The molecule has 6 nitrogen and oxygen atoms in total. The molecule has 0 saturated heterocycles. The van der Waals surface area contributed by atoms with Gasteiger partial charge in [0.1, 0.15) is 0 Å². The number of amides is 1. The number of thiazole rings is 1. The van der Waals surface area contributed by atoms with E-state index in [1.54, 1.807) is 36.9 Å². The molecule has 0 unspecified atom stereocenters. The number of hydrogen-bond donors (Lipinski definition) is 1. The minimum Gasteiger partial charge on any atom is -0.341 e. The molecule has 0 atom stereocenters. The molecule has 1 amide bonds.